The molecule has 20 heavy (non-hydrogen) atoms. The van der Waals surface area contributed by atoms with E-state index in [-0.39, 0.29) is 5.56 Å². The van der Waals surface area contributed by atoms with Crippen LogP contribution in [0.3, 0.4) is 0 Å². The van der Waals surface area contributed by atoms with E-state index < -0.39 is 48.4 Å². The highest BCUT2D eigenvalue weighted by atomic mass is 16.5. The van der Waals surface area contributed by atoms with Gasteiger partial charge in [-0.15, -0.1) is 0 Å². The third kappa shape index (κ3) is 2.41. The van der Waals surface area contributed by atoms with Crippen LogP contribution in [0.25, 0.3) is 0 Å². The molecule has 0 aromatic carbocycles. The molecule has 1 fully saturated rings. The summed E-state index contributed by atoms with van der Waals surface area (Å²) in [5.74, 6) is 0. The molecule has 0 radical (unpaired) electrons. The largest absolute Gasteiger partial charge is 0.394 e. The van der Waals surface area contributed by atoms with E-state index in [0.717, 1.165) is 4.57 Å². The summed E-state index contributed by atoms with van der Waals surface area (Å²) < 4.78 is 6.38. The lowest BCUT2D eigenvalue weighted by molar-refractivity contribution is -0.211. The molecule has 112 valence electrons. The first-order valence-electron chi connectivity index (χ1n) is 6.07. The van der Waals surface area contributed by atoms with Crippen molar-refractivity contribution in [3.8, 4) is 0 Å². The number of H-pyrrole nitrogens is 1. The summed E-state index contributed by atoms with van der Waals surface area (Å²) in [7, 11) is 0. The number of aliphatic hydroxyl groups excluding tert-OH is 3. The number of aromatic nitrogens is 2. The maximum absolute atomic E-state index is 11.8. The van der Waals surface area contributed by atoms with Crippen molar-refractivity contribution in [1.29, 1.82) is 0 Å². The Hall–Kier alpha value is -1.52. The summed E-state index contributed by atoms with van der Waals surface area (Å²) in [4.78, 5) is 25.2. The topological polar surface area (TPSA) is 151 Å². The van der Waals surface area contributed by atoms with Gasteiger partial charge in [0.25, 0.3) is 5.56 Å². The number of nitrogens with one attached hydrogen (secondary N) is 1. The number of nitrogens with two attached hydrogens (primary N) is 1. The van der Waals surface area contributed by atoms with Crippen LogP contribution in [-0.4, -0.2) is 55.8 Å². The molecule has 1 aromatic heterocycles. The van der Waals surface area contributed by atoms with Crippen LogP contribution in [0.5, 0.6) is 0 Å². The molecular formula is C11H17N3O6. The lowest BCUT2D eigenvalue weighted by atomic mass is 9.97. The summed E-state index contributed by atoms with van der Waals surface area (Å²) in [6.45, 7) is 0.955. The predicted molar refractivity (Wildman–Crippen MR) is 67.0 cm³/mol. The van der Waals surface area contributed by atoms with Crippen molar-refractivity contribution in [2.24, 2.45) is 5.73 Å². The fraction of sp³-hybridized carbons (Fsp3) is 0.636. The van der Waals surface area contributed by atoms with Crippen LogP contribution in [0.15, 0.2) is 15.8 Å². The normalized spacial score (nSPS) is 34.1. The van der Waals surface area contributed by atoms with Crippen molar-refractivity contribution in [1.82, 2.24) is 9.55 Å². The van der Waals surface area contributed by atoms with Crippen molar-refractivity contribution < 1.29 is 20.1 Å². The third-order valence-electron chi connectivity index (χ3n) is 3.37. The summed E-state index contributed by atoms with van der Waals surface area (Å²) in [6, 6.07) is -1.09. The van der Waals surface area contributed by atoms with Crippen LogP contribution in [0, 0.1) is 6.92 Å². The molecule has 6 N–H and O–H groups in total. The van der Waals surface area contributed by atoms with Gasteiger partial charge in [-0.2, -0.15) is 0 Å². The quantitative estimate of drug-likeness (QED) is 0.384. The van der Waals surface area contributed by atoms with Gasteiger partial charge in [0.2, 0.25) is 0 Å². The second-order valence-electron chi connectivity index (χ2n) is 4.78. The van der Waals surface area contributed by atoms with E-state index in [0.29, 0.717) is 0 Å². The molecule has 1 aliphatic rings. The van der Waals surface area contributed by atoms with Gasteiger partial charge in [0, 0.05) is 11.8 Å². The first-order chi connectivity index (χ1) is 9.36. The number of hydrogen-bond acceptors (Lipinski definition) is 7. The zero-order valence-corrected chi connectivity index (χ0v) is 10.8. The Kier molecular flexibility index (Phi) is 4.06. The molecule has 1 aliphatic heterocycles. The van der Waals surface area contributed by atoms with Gasteiger partial charge in [-0.05, 0) is 6.92 Å². The summed E-state index contributed by atoms with van der Waals surface area (Å²) in [6.07, 6.45) is -3.65. The zero-order chi connectivity index (χ0) is 15.0. The summed E-state index contributed by atoms with van der Waals surface area (Å²) >= 11 is 0. The number of hydrogen-bond donors (Lipinski definition) is 5. The molecule has 0 saturated carbocycles. The van der Waals surface area contributed by atoms with Crippen molar-refractivity contribution in [2.75, 3.05) is 6.61 Å². The minimum absolute atomic E-state index is 0.265. The highest BCUT2D eigenvalue weighted by Crippen LogP contribution is 2.25. The van der Waals surface area contributed by atoms with Crippen LogP contribution >= 0.6 is 0 Å². The molecule has 1 saturated heterocycles. The first-order valence-corrected chi connectivity index (χ1v) is 6.07. The number of nitrogens with zero attached hydrogens (tertiary/aromatic N) is 1. The van der Waals surface area contributed by atoms with E-state index in [1.165, 1.54) is 13.1 Å². The third-order valence-corrected chi connectivity index (χ3v) is 3.37. The monoisotopic (exact) mass is 287 g/mol. The van der Waals surface area contributed by atoms with Gasteiger partial charge in [0.1, 0.15) is 18.3 Å². The molecule has 1 aromatic rings. The van der Waals surface area contributed by atoms with Gasteiger partial charge in [-0.3, -0.25) is 14.3 Å². The summed E-state index contributed by atoms with van der Waals surface area (Å²) in [5, 5.41) is 28.6. The molecule has 0 unspecified atom stereocenters. The van der Waals surface area contributed by atoms with Crippen LogP contribution < -0.4 is 17.0 Å². The van der Waals surface area contributed by atoms with E-state index >= 15 is 0 Å². The number of ether oxygens (including phenoxy) is 1. The fourth-order valence-electron chi connectivity index (χ4n) is 2.14. The Morgan fingerprint density at radius 1 is 1.40 bits per heavy atom. The van der Waals surface area contributed by atoms with Gasteiger partial charge in [0.05, 0.1) is 12.6 Å². The number of aliphatic hydroxyl groups is 3. The molecule has 0 spiro atoms. The smallest absolute Gasteiger partial charge is 0.330 e. The highest BCUT2D eigenvalue weighted by molar-refractivity contribution is 5.03. The second-order valence-corrected chi connectivity index (χ2v) is 4.78. The van der Waals surface area contributed by atoms with E-state index in [2.05, 4.69) is 4.98 Å². The van der Waals surface area contributed by atoms with Crippen LogP contribution in [0.1, 0.15) is 11.8 Å². The Balaban J connectivity index is 2.44. The van der Waals surface area contributed by atoms with Crippen molar-refractivity contribution in [2.45, 2.75) is 37.5 Å². The molecule has 9 nitrogen and oxygen atoms in total. The minimum Gasteiger partial charge on any atom is -0.394 e. The SMILES string of the molecule is Cc1cn([C@@H]2O[C@H](CO)[C@@H](O)[C@H](O)[C@@H]2N)c(=O)[nH]c1=O. The fourth-order valence-corrected chi connectivity index (χ4v) is 2.14. The Morgan fingerprint density at radius 3 is 2.65 bits per heavy atom. The molecule has 0 aliphatic carbocycles. The van der Waals surface area contributed by atoms with Gasteiger partial charge in [-0.1, -0.05) is 0 Å². The Morgan fingerprint density at radius 2 is 2.05 bits per heavy atom. The molecule has 9 heteroatoms. The van der Waals surface area contributed by atoms with Crippen molar-refractivity contribution >= 4 is 0 Å². The molecule has 0 bridgehead atoms. The van der Waals surface area contributed by atoms with Gasteiger partial charge >= 0.3 is 5.69 Å². The molecule has 5 atom stereocenters. The maximum Gasteiger partial charge on any atom is 0.330 e. The Bertz CT molecular complexity index is 595. The number of rotatable bonds is 2. The van der Waals surface area contributed by atoms with Crippen molar-refractivity contribution in [3.63, 3.8) is 0 Å². The van der Waals surface area contributed by atoms with E-state index in [4.69, 9.17) is 15.6 Å². The van der Waals surface area contributed by atoms with Gasteiger partial charge in [-0.25, -0.2) is 4.79 Å². The van der Waals surface area contributed by atoms with Gasteiger partial charge in [0.15, 0.2) is 6.23 Å². The molecule has 2 rings (SSSR count). The average molecular weight is 287 g/mol. The van der Waals surface area contributed by atoms with Crippen LogP contribution in [0.2, 0.25) is 0 Å². The second kappa shape index (κ2) is 5.46. The van der Waals surface area contributed by atoms with Crippen LogP contribution in [0.4, 0.5) is 0 Å². The highest BCUT2D eigenvalue weighted by Gasteiger charge is 2.43. The van der Waals surface area contributed by atoms with E-state index in [1.807, 2.05) is 0 Å². The maximum atomic E-state index is 11.8. The van der Waals surface area contributed by atoms with E-state index in [9.17, 15) is 19.8 Å². The van der Waals surface area contributed by atoms with Gasteiger partial charge < -0.3 is 25.8 Å². The van der Waals surface area contributed by atoms with Crippen molar-refractivity contribution in [3.05, 3.63) is 32.6 Å². The average Bonchev–Trinajstić information content (AvgIpc) is 2.41. The number of aryl methyl sites for hydroxylation is 1. The lowest BCUT2D eigenvalue weighted by Crippen LogP contribution is -2.61. The molecule has 0 amide bonds. The lowest BCUT2D eigenvalue weighted by Gasteiger charge is -2.41. The standard InChI is InChI=1S/C11H17N3O6/c1-4-2-14(11(19)13-9(4)18)10-6(12)8(17)7(16)5(3-15)20-10/h2,5-8,10,15-17H,3,12H2,1H3,(H,13,18,19)/t5-,6+,7-,8-,10-/m1/s1. The molecule has 2 heterocycles. The number of aromatic amines is 1. The minimum atomic E-state index is -1.37. The first kappa shape index (κ1) is 14.9. The van der Waals surface area contributed by atoms with Crippen LogP contribution in [-0.2, 0) is 4.74 Å². The zero-order valence-electron chi connectivity index (χ0n) is 10.8. The Labute approximate surface area is 113 Å². The van der Waals surface area contributed by atoms with E-state index in [1.54, 1.807) is 0 Å². The predicted octanol–water partition coefficient (Wildman–Crippen LogP) is -3.22. The summed E-state index contributed by atoms with van der Waals surface area (Å²) in [5.41, 5.74) is 4.73. The molecular weight excluding hydrogens is 270 g/mol.